The van der Waals surface area contributed by atoms with Gasteiger partial charge in [-0.2, -0.15) is 0 Å². The molecular weight excluding hydrogens is 1200 g/mol. The molecule has 476 valence electrons. The van der Waals surface area contributed by atoms with E-state index in [2.05, 4.69) is 219 Å². The van der Waals surface area contributed by atoms with E-state index in [9.17, 15) is 0 Å². The van der Waals surface area contributed by atoms with Gasteiger partial charge in [-0.05, 0) is 164 Å². The van der Waals surface area contributed by atoms with E-state index in [0.29, 0.717) is 43.3 Å². The third kappa shape index (κ3) is 19.8. The Morgan fingerprint density at radius 3 is 1.02 bits per heavy atom. The highest BCUT2D eigenvalue weighted by molar-refractivity contribution is 6.18. The summed E-state index contributed by atoms with van der Waals surface area (Å²) in [5, 5.41) is 3.96. The Morgan fingerprint density at radius 2 is 0.670 bits per heavy atom. The number of hydrogen-bond acceptors (Lipinski definition) is 3. The molecule has 91 heavy (non-hydrogen) atoms. The van der Waals surface area contributed by atoms with Crippen molar-refractivity contribution in [3.63, 3.8) is 0 Å². The highest BCUT2D eigenvalue weighted by atomic mass is 35.5. The zero-order chi connectivity index (χ0) is 65.7. The van der Waals surface area contributed by atoms with Crippen LogP contribution in [0.4, 0.5) is 0 Å². The quantitative estimate of drug-likeness (QED) is 0.0925. The fraction of sp³-hybridized carbons (Fsp3) is 0.259. The highest BCUT2D eigenvalue weighted by Crippen LogP contribution is 2.37. The highest BCUT2D eigenvalue weighted by Gasteiger charge is 2.18. The lowest BCUT2D eigenvalue weighted by Gasteiger charge is -2.13. The van der Waals surface area contributed by atoms with Crippen molar-refractivity contribution in [2.24, 2.45) is 0 Å². The minimum atomic E-state index is 0.496. The molecule has 3 heterocycles. The molecule has 0 amide bonds. The normalized spacial score (nSPS) is 10.4. The summed E-state index contributed by atoms with van der Waals surface area (Å²) in [5.41, 5.74) is 22.7. The van der Waals surface area contributed by atoms with Crippen LogP contribution < -0.4 is 14.2 Å². The van der Waals surface area contributed by atoms with E-state index < -0.39 is 0 Å². The summed E-state index contributed by atoms with van der Waals surface area (Å²) in [5.74, 6) is 4.60. The Hall–Kier alpha value is -7.84. The summed E-state index contributed by atoms with van der Waals surface area (Å²) < 4.78 is 21.3. The van der Waals surface area contributed by atoms with Crippen LogP contribution in [0.1, 0.15) is 91.6 Å². The van der Waals surface area contributed by atoms with Crippen LogP contribution in [-0.4, -0.2) is 51.6 Å². The summed E-state index contributed by atoms with van der Waals surface area (Å²) in [6.45, 7) is 28.3. The fourth-order valence-corrected chi connectivity index (χ4v) is 11.2. The van der Waals surface area contributed by atoms with Gasteiger partial charge in [0.25, 0.3) is 0 Å². The van der Waals surface area contributed by atoms with Gasteiger partial charge in [0.15, 0.2) is 0 Å². The number of fused-ring (bicyclic) bond motifs is 3. The monoisotopic (exact) mass is 1290 g/mol. The van der Waals surface area contributed by atoms with Gasteiger partial charge in [-0.3, -0.25) is 0 Å². The van der Waals surface area contributed by atoms with Crippen LogP contribution in [0.15, 0.2) is 218 Å². The molecule has 0 bridgehead atoms. The lowest BCUT2D eigenvalue weighted by molar-refractivity contribution is 0.342. The molecule has 0 radical (unpaired) electrons. The number of benzene rings is 9. The van der Waals surface area contributed by atoms with E-state index in [-0.39, 0.29) is 0 Å². The predicted molar refractivity (Wildman–Crippen MR) is 397 cm³/mol. The fourth-order valence-electron chi connectivity index (χ4n) is 10.8. The summed E-state index contributed by atoms with van der Waals surface area (Å²) >= 11 is 22.5. The first kappa shape index (κ1) is 72.2. The smallest absolute Gasteiger partial charge is 0.119 e. The maximum Gasteiger partial charge on any atom is 0.119 e. The van der Waals surface area contributed by atoms with Gasteiger partial charge in [-0.25, -0.2) is 0 Å². The predicted octanol–water partition coefficient (Wildman–Crippen LogP) is 23.8. The molecule has 0 atom stereocenters. The first-order valence-corrected chi connectivity index (χ1v) is 33.9. The topological polar surface area (TPSA) is 53.3 Å². The number of nitrogens with one attached hydrogen (secondary N) is 1. The Kier molecular flexibility index (Phi) is 30.3. The van der Waals surface area contributed by atoms with E-state index in [4.69, 9.17) is 60.6 Å². The molecule has 12 rings (SSSR count). The third-order valence-electron chi connectivity index (χ3n) is 15.0. The second kappa shape index (κ2) is 38.1. The molecule has 3 aromatic heterocycles. The molecule has 0 saturated heterocycles. The SMILES string of the molecule is CC.CC.CC.Cc1ccc2[nH]c(-c3ccccc3)c(C)c2c1.Cc1ccc2c(c1)c(C)c(-c1ccccc1)n2Cc1ccc(OCCCl)cc1.Cc1ccc2c(c1)c(C)c(-c1ccccc1)n2Cc1ccc(OCCCl)cc1.ClCCOc1ccc(CCl)cc1. The van der Waals surface area contributed by atoms with Crippen molar-refractivity contribution in [1.29, 1.82) is 0 Å². The van der Waals surface area contributed by atoms with Crippen LogP contribution in [0.2, 0.25) is 0 Å². The van der Waals surface area contributed by atoms with E-state index in [0.717, 1.165) is 35.9 Å². The standard InChI is InChI=1S/2C25H24ClNO.C16H15N.C9H10Cl2O.3C2H6/c2*1-18-8-13-24-23(16-18)19(2)25(21-6-4-3-5-7-21)27(24)17-20-9-11-22(12-10-20)28-15-14-26;1-11-8-9-15-14(10-11)12(2)16(17-15)13-6-4-3-5-7-13;10-5-6-12-9-3-1-8(7-11)2-4-9;3*1-2/h2*3-13,16H,14-15,17H2,1-2H3;3-10,17H,1-2H3;1-4H,5-7H2;3*1-2H3. The Labute approximate surface area is 562 Å². The molecule has 0 fully saturated rings. The van der Waals surface area contributed by atoms with Gasteiger partial charge in [0.1, 0.15) is 37.1 Å². The molecule has 0 aliphatic rings. The van der Waals surface area contributed by atoms with Gasteiger partial charge >= 0.3 is 0 Å². The number of ether oxygens (including phenoxy) is 3. The molecular formula is C81H91Cl4N3O3. The van der Waals surface area contributed by atoms with Gasteiger partial charge in [0.2, 0.25) is 0 Å². The number of nitrogens with zero attached hydrogens (tertiary/aromatic N) is 2. The van der Waals surface area contributed by atoms with Gasteiger partial charge in [-0.15, -0.1) is 46.4 Å². The average molecular weight is 1300 g/mol. The van der Waals surface area contributed by atoms with Crippen LogP contribution in [0.25, 0.3) is 66.5 Å². The van der Waals surface area contributed by atoms with Crippen molar-refractivity contribution in [1.82, 2.24) is 14.1 Å². The molecule has 0 unspecified atom stereocenters. The lowest BCUT2D eigenvalue weighted by Crippen LogP contribution is -2.03. The van der Waals surface area contributed by atoms with E-state index in [1.54, 1.807) is 0 Å². The van der Waals surface area contributed by atoms with Gasteiger partial charge in [0, 0.05) is 57.4 Å². The molecule has 0 saturated carbocycles. The molecule has 0 spiro atoms. The summed E-state index contributed by atoms with van der Waals surface area (Å²) in [4.78, 5) is 3.51. The molecule has 0 aliphatic heterocycles. The van der Waals surface area contributed by atoms with Gasteiger partial charge in [0.05, 0.1) is 29.0 Å². The number of halogens is 4. The molecule has 6 nitrogen and oxygen atoms in total. The van der Waals surface area contributed by atoms with E-state index >= 15 is 0 Å². The first-order chi connectivity index (χ1) is 44.5. The van der Waals surface area contributed by atoms with Crippen LogP contribution in [0.3, 0.4) is 0 Å². The van der Waals surface area contributed by atoms with Crippen LogP contribution in [-0.2, 0) is 19.0 Å². The Bertz CT molecular complexity index is 3870. The zero-order valence-corrected chi connectivity index (χ0v) is 58.3. The first-order valence-electron chi connectivity index (χ1n) is 31.8. The second-order valence-corrected chi connectivity index (χ2v) is 22.5. The molecule has 0 aliphatic carbocycles. The largest absolute Gasteiger partial charge is 0.492 e. The minimum Gasteiger partial charge on any atom is -0.492 e. The maximum atomic E-state index is 5.71. The molecule has 1 N–H and O–H groups in total. The number of rotatable bonds is 17. The molecule has 12 aromatic rings. The summed E-state index contributed by atoms with van der Waals surface area (Å²) in [6.07, 6.45) is 0. The number of aromatic nitrogens is 3. The van der Waals surface area contributed by atoms with Crippen LogP contribution >= 0.6 is 46.4 Å². The van der Waals surface area contributed by atoms with E-state index in [1.165, 1.54) is 111 Å². The van der Waals surface area contributed by atoms with Gasteiger partial charge < -0.3 is 28.3 Å². The van der Waals surface area contributed by atoms with Crippen molar-refractivity contribution in [2.45, 2.75) is 102 Å². The number of aryl methyl sites for hydroxylation is 6. The minimum absolute atomic E-state index is 0.496. The van der Waals surface area contributed by atoms with Crippen molar-refractivity contribution >= 4 is 79.1 Å². The van der Waals surface area contributed by atoms with Crippen molar-refractivity contribution in [2.75, 3.05) is 37.5 Å². The third-order valence-corrected chi connectivity index (χ3v) is 15.7. The van der Waals surface area contributed by atoms with Crippen molar-refractivity contribution in [3.05, 3.63) is 268 Å². The molecule has 10 heteroatoms. The van der Waals surface area contributed by atoms with E-state index in [1.807, 2.05) is 96.1 Å². The second-order valence-electron chi connectivity index (χ2n) is 21.1. The number of hydrogen-bond donors (Lipinski definition) is 1. The van der Waals surface area contributed by atoms with Crippen LogP contribution in [0.5, 0.6) is 17.2 Å². The Morgan fingerprint density at radius 1 is 0.341 bits per heavy atom. The van der Waals surface area contributed by atoms with Crippen LogP contribution in [0, 0.1) is 41.5 Å². The Balaban J connectivity index is 0.000000196. The molecule has 9 aromatic carbocycles. The number of alkyl halides is 4. The lowest BCUT2D eigenvalue weighted by atomic mass is 10.1. The van der Waals surface area contributed by atoms with Crippen molar-refractivity contribution < 1.29 is 14.2 Å². The summed E-state index contributed by atoms with van der Waals surface area (Å²) in [6, 6.07) is 76.0. The zero-order valence-electron chi connectivity index (χ0n) is 55.3. The number of H-pyrrole nitrogens is 1. The summed E-state index contributed by atoms with van der Waals surface area (Å²) in [7, 11) is 0. The van der Waals surface area contributed by atoms with Gasteiger partial charge in [-0.1, -0.05) is 204 Å². The maximum absolute atomic E-state index is 5.71. The number of aromatic amines is 1. The van der Waals surface area contributed by atoms with Crippen molar-refractivity contribution in [3.8, 4) is 51.0 Å². The average Bonchev–Trinajstić information content (AvgIpc) is 1.79.